The Morgan fingerprint density at radius 3 is 2.33 bits per heavy atom. The second-order valence-electron chi connectivity index (χ2n) is 7.38. The second kappa shape index (κ2) is 7.51. The lowest BCUT2D eigenvalue weighted by molar-refractivity contribution is -0.137. The van der Waals surface area contributed by atoms with Crippen LogP contribution in [0.2, 0.25) is 0 Å². The number of halogens is 4. The molecule has 1 amide bonds. The molecule has 0 saturated heterocycles. The third-order valence-electron chi connectivity index (χ3n) is 4.93. The summed E-state index contributed by atoms with van der Waals surface area (Å²) in [7, 11) is -2.67. The highest BCUT2D eigenvalue weighted by atomic mass is 32.2. The van der Waals surface area contributed by atoms with E-state index in [1.165, 1.54) is 13.1 Å². The number of amides is 1. The lowest BCUT2D eigenvalue weighted by Crippen LogP contribution is -2.18. The molecule has 33 heavy (non-hydrogen) atoms. The van der Waals surface area contributed by atoms with Crippen molar-refractivity contribution in [1.82, 2.24) is 14.9 Å². The molecule has 3 aromatic rings. The van der Waals surface area contributed by atoms with Crippen molar-refractivity contribution in [1.29, 1.82) is 0 Å². The summed E-state index contributed by atoms with van der Waals surface area (Å²) in [5.74, 6) is -1.19. The topological polar surface area (TPSA) is 93.4 Å². The van der Waals surface area contributed by atoms with Gasteiger partial charge in [-0.25, -0.2) is 22.8 Å². The van der Waals surface area contributed by atoms with Crippen LogP contribution in [0.5, 0.6) is 0 Å². The number of hydrogen-bond donors (Lipinski definition) is 0. The Balaban J connectivity index is 2.03. The highest BCUT2D eigenvalue weighted by molar-refractivity contribution is 7.90. The van der Waals surface area contributed by atoms with Gasteiger partial charge in [0.25, 0.3) is 5.91 Å². The van der Waals surface area contributed by atoms with Crippen molar-refractivity contribution in [3.63, 3.8) is 0 Å². The second-order valence-corrected chi connectivity index (χ2v) is 9.29. The van der Waals surface area contributed by atoms with Gasteiger partial charge >= 0.3 is 6.18 Å². The van der Waals surface area contributed by atoms with Gasteiger partial charge in [0, 0.05) is 13.3 Å². The summed E-state index contributed by atoms with van der Waals surface area (Å²) in [6, 6.07) is 5.16. The first-order valence-electron chi connectivity index (χ1n) is 9.33. The van der Waals surface area contributed by atoms with Crippen molar-refractivity contribution in [3.05, 3.63) is 64.3 Å². The Morgan fingerprint density at radius 2 is 1.76 bits per heavy atom. The average Bonchev–Trinajstić information content (AvgIpc) is 3.24. The van der Waals surface area contributed by atoms with Crippen LogP contribution in [0.25, 0.3) is 23.2 Å². The van der Waals surface area contributed by atoms with Crippen LogP contribution >= 0.6 is 0 Å². The molecular formula is C21H15F4N3O4S. The Bertz CT molecular complexity index is 1440. The Morgan fingerprint density at radius 1 is 1.09 bits per heavy atom. The molecule has 0 unspecified atom stereocenters. The monoisotopic (exact) mass is 481 g/mol. The maximum atomic E-state index is 13.5. The van der Waals surface area contributed by atoms with Crippen LogP contribution in [0, 0.1) is 12.7 Å². The van der Waals surface area contributed by atoms with Gasteiger partial charge < -0.3 is 9.32 Å². The number of carbonyl (C=O) groups is 1. The van der Waals surface area contributed by atoms with Gasteiger partial charge in [0.05, 0.1) is 16.8 Å². The largest absolute Gasteiger partial charge is 0.460 e. The molecule has 2 aromatic heterocycles. The predicted molar refractivity (Wildman–Crippen MR) is 109 cm³/mol. The number of benzene rings is 1. The Hall–Kier alpha value is -3.54. The third kappa shape index (κ3) is 4.01. The first kappa shape index (κ1) is 22.6. The number of rotatable bonds is 3. The summed E-state index contributed by atoms with van der Waals surface area (Å²) in [6.07, 6.45) is -3.02. The number of hydrogen-bond acceptors (Lipinski definition) is 6. The number of aryl methyl sites for hydroxylation is 1. The molecule has 1 aliphatic rings. The first-order valence-corrected chi connectivity index (χ1v) is 11.2. The van der Waals surface area contributed by atoms with E-state index in [1.807, 2.05) is 0 Å². The quantitative estimate of drug-likeness (QED) is 0.412. The van der Waals surface area contributed by atoms with E-state index in [2.05, 4.69) is 9.97 Å². The summed E-state index contributed by atoms with van der Waals surface area (Å²) in [5.41, 5.74) is -2.21. The van der Waals surface area contributed by atoms with Crippen LogP contribution < -0.4 is 0 Å². The van der Waals surface area contributed by atoms with E-state index >= 15 is 0 Å². The van der Waals surface area contributed by atoms with Gasteiger partial charge in [-0.15, -0.1) is 0 Å². The van der Waals surface area contributed by atoms with Gasteiger partial charge in [0.2, 0.25) is 15.0 Å². The lowest BCUT2D eigenvalue weighted by Gasteiger charge is -2.14. The van der Waals surface area contributed by atoms with Crippen molar-refractivity contribution in [2.45, 2.75) is 18.3 Å². The van der Waals surface area contributed by atoms with Crippen molar-refractivity contribution in [2.24, 2.45) is 0 Å². The molecule has 172 valence electrons. The molecule has 1 aliphatic heterocycles. The van der Waals surface area contributed by atoms with Crippen molar-refractivity contribution >= 4 is 27.5 Å². The van der Waals surface area contributed by atoms with Gasteiger partial charge in [-0.1, -0.05) is 6.07 Å². The van der Waals surface area contributed by atoms with Crippen LogP contribution in [-0.4, -0.2) is 42.5 Å². The minimum atomic E-state index is -4.88. The van der Waals surface area contributed by atoms with Crippen molar-refractivity contribution in [3.8, 4) is 11.5 Å². The predicted octanol–water partition coefficient (Wildman–Crippen LogP) is 4.19. The molecule has 4 rings (SSSR count). The number of aromatic nitrogens is 2. The van der Waals surface area contributed by atoms with E-state index < -0.39 is 44.0 Å². The SMILES string of the molecule is Cc1ccc(-c2nc(S(C)(=O)=O)nc3c2C(=O)N(C)/C3=C\c2ccc(F)cc2C(F)(F)F)o1. The molecule has 0 spiro atoms. The number of sulfone groups is 1. The van der Waals surface area contributed by atoms with E-state index in [9.17, 15) is 30.8 Å². The van der Waals surface area contributed by atoms with E-state index in [0.717, 1.165) is 29.4 Å². The number of carbonyl (C=O) groups excluding carboxylic acids is 1. The maximum Gasteiger partial charge on any atom is 0.417 e. The van der Waals surface area contributed by atoms with E-state index in [-0.39, 0.29) is 28.4 Å². The number of furan rings is 1. The molecule has 0 aliphatic carbocycles. The fourth-order valence-electron chi connectivity index (χ4n) is 3.38. The number of alkyl halides is 3. The van der Waals surface area contributed by atoms with Crippen LogP contribution in [0.15, 0.2) is 39.9 Å². The van der Waals surface area contributed by atoms with Gasteiger partial charge in [0.15, 0.2) is 5.76 Å². The zero-order valence-electron chi connectivity index (χ0n) is 17.4. The molecule has 7 nitrogen and oxygen atoms in total. The molecule has 0 atom stereocenters. The highest BCUT2D eigenvalue weighted by Crippen LogP contribution is 2.40. The van der Waals surface area contributed by atoms with Gasteiger partial charge in [-0.2, -0.15) is 13.2 Å². The van der Waals surface area contributed by atoms with Crippen molar-refractivity contribution in [2.75, 3.05) is 13.3 Å². The summed E-state index contributed by atoms with van der Waals surface area (Å²) in [5, 5.41) is -0.630. The van der Waals surface area contributed by atoms with Gasteiger partial charge in [-0.3, -0.25) is 4.79 Å². The molecule has 0 saturated carbocycles. The fraction of sp³-hybridized carbons (Fsp3) is 0.190. The molecule has 12 heteroatoms. The van der Waals surface area contributed by atoms with Crippen molar-refractivity contribution < 1.29 is 35.2 Å². The normalized spacial score (nSPS) is 15.4. The molecule has 0 radical (unpaired) electrons. The summed E-state index contributed by atoms with van der Waals surface area (Å²) in [4.78, 5) is 22.0. The third-order valence-corrected chi connectivity index (χ3v) is 5.78. The highest BCUT2D eigenvalue weighted by Gasteiger charge is 2.39. The minimum absolute atomic E-state index is 0.0943. The smallest absolute Gasteiger partial charge is 0.417 e. The zero-order valence-corrected chi connectivity index (χ0v) is 18.2. The molecule has 0 N–H and O–H groups in total. The van der Waals surface area contributed by atoms with E-state index in [1.54, 1.807) is 13.0 Å². The summed E-state index contributed by atoms with van der Waals surface area (Å²) in [6.45, 7) is 1.63. The minimum Gasteiger partial charge on any atom is -0.460 e. The summed E-state index contributed by atoms with van der Waals surface area (Å²) < 4.78 is 83.9. The molecule has 1 aromatic carbocycles. The van der Waals surface area contributed by atoms with Crippen LogP contribution in [-0.2, 0) is 16.0 Å². The molecule has 0 fully saturated rings. The fourth-order valence-corrected chi connectivity index (χ4v) is 3.90. The maximum absolute atomic E-state index is 13.5. The first-order chi connectivity index (χ1) is 15.3. The number of nitrogens with zero attached hydrogens (tertiary/aromatic N) is 3. The summed E-state index contributed by atoms with van der Waals surface area (Å²) >= 11 is 0. The van der Waals surface area contributed by atoms with Crippen LogP contribution in [0.4, 0.5) is 17.6 Å². The lowest BCUT2D eigenvalue weighted by atomic mass is 10.0. The van der Waals surface area contributed by atoms with Crippen LogP contribution in [0.3, 0.4) is 0 Å². The standard InChI is InChI=1S/C21H15F4N3O4S/c1-10-4-7-15(32-10)18-16-17(26-20(27-18)33(3,30)31)14(28(2)19(16)29)8-11-5-6-12(22)9-13(11)21(23,24)25/h4-9H,1-3H3/b14-8-. The zero-order chi connectivity index (χ0) is 24.3. The van der Waals surface area contributed by atoms with Crippen LogP contribution in [0.1, 0.15) is 32.9 Å². The van der Waals surface area contributed by atoms with Gasteiger partial charge in [0.1, 0.15) is 23.0 Å². The molecule has 0 bridgehead atoms. The van der Waals surface area contributed by atoms with E-state index in [0.29, 0.717) is 11.8 Å². The average molecular weight is 481 g/mol. The molecular weight excluding hydrogens is 466 g/mol. The Kier molecular flexibility index (Phi) is 5.15. The van der Waals surface area contributed by atoms with Gasteiger partial charge in [-0.05, 0) is 42.8 Å². The van der Waals surface area contributed by atoms with E-state index in [4.69, 9.17) is 4.42 Å². The molecule has 3 heterocycles. The Labute approximate surface area is 185 Å². The number of fused-ring (bicyclic) bond motifs is 1.